The third-order valence-corrected chi connectivity index (χ3v) is 1.08. The van der Waals surface area contributed by atoms with Gasteiger partial charge in [0.2, 0.25) is 0 Å². The van der Waals surface area contributed by atoms with Crippen molar-refractivity contribution < 1.29 is 4.39 Å². The molecule has 1 aromatic rings. The SMILES string of the molecule is C=C.Cc1ccccc1F. The number of hydrogen-bond acceptors (Lipinski definition) is 0. The topological polar surface area (TPSA) is 0 Å². The Bertz CT molecular complexity index is 173. The van der Waals surface area contributed by atoms with Gasteiger partial charge in [-0.05, 0) is 18.6 Å². The van der Waals surface area contributed by atoms with Crippen molar-refractivity contribution in [1.82, 2.24) is 0 Å². The van der Waals surface area contributed by atoms with Gasteiger partial charge in [0.15, 0.2) is 0 Å². The summed E-state index contributed by atoms with van der Waals surface area (Å²) < 4.78 is 12.3. The first-order valence-corrected chi connectivity index (χ1v) is 3.02. The fraction of sp³-hybridized carbons (Fsp3) is 0.111. The maximum Gasteiger partial charge on any atom is 0.126 e. The monoisotopic (exact) mass is 138 g/mol. The average molecular weight is 138 g/mol. The van der Waals surface area contributed by atoms with E-state index in [1.807, 2.05) is 6.07 Å². The van der Waals surface area contributed by atoms with Crippen LogP contribution in [0.5, 0.6) is 0 Å². The lowest BCUT2D eigenvalue weighted by atomic mass is 10.2. The molecule has 0 saturated heterocycles. The molecule has 0 fully saturated rings. The number of benzene rings is 1. The third kappa shape index (κ3) is 2.44. The predicted molar refractivity (Wildman–Crippen MR) is 42.4 cm³/mol. The molecular weight excluding hydrogens is 127 g/mol. The highest BCUT2D eigenvalue weighted by atomic mass is 19.1. The van der Waals surface area contributed by atoms with Crippen LogP contribution in [0, 0.1) is 12.7 Å². The molecule has 0 saturated carbocycles. The van der Waals surface area contributed by atoms with E-state index >= 15 is 0 Å². The van der Waals surface area contributed by atoms with Crippen molar-refractivity contribution in [3.05, 3.63) is 48.8 Å². The molecule has 1 heteroatoms. The highest BCUT2D eigenvalue weighted by Crippen LogP contribution is 2.01. The minimum atomic E-state index is -0.132. The van der Waals surface area contributed by atoms with Crippen molar-refractivity contribution in [2.24, 2.45) is 0 Å². The van der Waals surface area contributed by atoms with Gasteiger partial charge >= 0.3 is 0 Å². The van der Waals surface area contributed by atoms with E-state index in [4.69, 9.17) is 0 Å². The molecule has 0 radical (unpaired) electrons. The summed E-state index contributed by atoms with van der Waals surface area (Å²) in [4.78, 5) is 0. The predicted octanol–water partition coefficient (Wildman–Crippen LogP) is 2.94. The van der Waals surface area contributed by atoms with Crippen molar-refractivity contribution in [2.45, 2.75) is 6.92 Å². The summed E-state index contributed by atoms with van der Waals surface area (Å²) in [5, 5.41) is 0. The average Bonchev–Trinajstić information content (AvgIpc) is 2.00. The fourth-order valence-electron chi connectivity index (χ4n) is 0.551. The Morgan fingerprint density at radius 2 is 1.70 bits per heavy atom. The standard InChI is InChI=1S/C7H7F.C2H4/c1-6-4-2-3-5-7(6)8;1-2/h2-5H,1H3;1-2H2. The molecule has 0 aliphatic carbocycles. The van der Waals surface area contributed by atoms with Crippen LogP contribution in [0.4, 0.5) is 4.39 Å². The number of aryl methyl sites for hydroxylation is 1. The molecule has 0 bridgehead atoms. The van der Waals surface area contributed by atoms with Gasteiger partial charge in [-0.25, -0.2) is 4.39 Å². The first kappa shape index (κ1) is 8.89. The van der Waals surface area contributed by atoms with Crippen molar-refractivity contribution >= 4 is 0 Å². The Kier molecular flexibility index (Phi) is 4.21. The van der Waals surface area contributed by atoms with Crippen LogP contribution in [0.15, 0.2) is 37.4 Å². The maximum absolute atomic E-state index is 12.3. The second kappa shape index (κ2) is 4.74. The van der Waals surface area contributed by atoms with Gasteiger partial charge in [0.1, 0.15) is 5.82 Å². The highest BCUT2D eigenvalue weighted by Gasteiger charge is 1.88. The van der Waals surface area contributed by atoms with Crippen molar-refractivity contribution in [3.63, 3.8) is 0 Å². The highest BCUT2D eigenvalue weighted by molar-refractivity contribution is 5.14. The van der Waals surface area contributed by atoms with E-state index in [1.54, 1.807) is 19.1 Å². The summed E-state index contributed by atoms with van der Waals surface area (Å²) in [5.41, 5.74) is 0.701. The quantitative estimate of drug-likeness (QED) is 0.483. The summed E-state index contributed by atoms with van der Waals surface area (Å²) in [7, 11) is 0. The Balaban J connectivity index is 0.000000371. The maximum atomic E-state index is 12.3. The molecule has 0 unspecified atom stereocenters. The number of hydrogen-bond donors (Lipinski definition) is 0. The lowest BCUT2D eigenvalue weighted by molar-refractivity contribution is 0.618. The Morgan fingerprint density at radius 3 is 2.00 bits per heavy atom. The van der Waals surface area contributed by atoms with Gasteiger partial charge in [-0.2, -0.15) is 0 Å². The van der Waals surface area contributed by atoms with Gasteiger partial charge in [0.25, 0.3) is 0 Å². The zero-order valence-corrected chi connectivity index (χ0v) is 6.10. The van der Waals surface area contributed by atoms with Crippen LogP contribution in [-0.2, 0) is 0 Å². The fourth-order valence-corrected chi connectivity index (χ4v) is 0.551. The molecule has 0 aliphatic heterocycles. The molecule has 0 nitrogen and oxygen atoms in total. The van der Waals surface area contributed by atoms with Gasteiger partial charge in [0.05, 0.1) is 0 Å². The Hall–Kier alpha value is -1.11. The van der Waals surface area contributed by atoms with Gasteiger partial charge in [-0.3, -0.25) is 0 Å². The number of rotatable bonds is 0. The number of halogens is 1. The summed E-state index contributed by atoms with van der Waals surface area (Å²) in [6.45, 7) is 7.75. The summed E-state index contributed by atoms with van der Waals surface area (Å²) in [6, 6.07) is 6.70. The second-order valence-electron chi connectivity index (χ2n) is 1.75. The van der Waals surface area contributed by atoms with Crippen LogP contribution in [-0.4, -0.2) is 0 Å². The van der Waals surface area contributed by atoms with Crippen molar-refractivity contribution in [3.8, 4) is 0 Å². The molecule has 54 valence electrons. The van der Waals surface area contributed by atoms with Crippen LogP contribution in [0.25, 0.3) is 0 Å². The zero-order valence-electron chi connectivity index (χ0n) is 6.10. The molecule has 0 atom stereocenters. The molecule has 0 N–H and O–H groups in total. The molecule has 0 aromatic heterocycles. The first-order chi connectivity index (χ1) is 4.80. The zero-order chi connectivity index (χ0) is 7.98. The molecule has 10 heavy (non-hydrogen) atoms. The molecule has 0 heterocycles. The Labute approximate surface area is 61.0 Å². The van der Waals surface area contributed by atoms with E-state index in [9.17, 15) is 4.39 Å². The van der Waals surface area contributed by atoms with E-state index < -0.39 is 0 Å². The lowest BCUT2D eigenvalue weighted by Crippen LogP contribution is -1.76. The minimum Gasteiger partial charge on any atom is -0.207 e. The second-order valence-corrected chi connectivity index (χ2v) is 1.75. The van der Waals surface area contributed by atoms with Crippen LogP contribution in [0.2, 0.25) is 0 Å². The molecular formula is C9H11F. The normalized spacial score (nSPS) is 7.80. The van der Waals surface area contributed by atoms with E-state index in [0.29, 0.717) is 5.56 Å². The van der Waals surface area contributed by atoms with Gasteiger partial charge in [0, 0.05) is 0 Å². The first-order valence-electron chi connectivity index (χ1n) is 3.02. The van der Waals surface area contributed by atoms with E-state index in [0.717, 1.165) is 0 Å². The van der Waals surface area contributed by atoms with Crippen LogP contribution < -0.4 is 0 Å². The van der Waals surface area contributed by atoms with Crippen molar-refractivity contribution in [1.29, 1.82) is 0 Å². The Morgan fingerprint density at radius 1 is 1.20 bits per heavy atom. The largest absolute Gasteiger partial charge is 0.207 e. The molecule has 0 aliphatic rings. The lowest BCUT2D eigenvalue weighted by Gasteiger charge is -1.89. The molecule has 1 rings (SSSR count). The van der Waals surface area contributed by atoms with Crippen LogP contribution in [0.3, 0.4) is 0 Å². The molecule has 0 amide bonds. The van der Waals surface area contributed by atoms with Crippen LogP contribution in [0.1, 0.15) is 5.56 Å². The smallest absolute Gasteiger partial charge is 0.126 e. The third-order valence-electron chi connectivity index (χ3n) is 1.08. The summed E-state index contributed by atoms with van der Waals surface area (Å²) in [5.74, 6) is -0.132. The van der Waals surface area contributed by atoms with Gasteiger partial charge < -0.3 is 0 Å². The molecule has 1 aromatic carbocycles. The minimum absolute atomic E-state index is 0.132. The van der Waals surface area contributed by atoms with Gasteiger partial charge in [-0.1, -0.05) is 18.2 Å². The van der Waals surface area contributed by atoms with Gasteiger partial charge in [-0.15, -0.1) is 13.2 Å². The summed E-state index contributed by atoms with van der Waals surface area (Å²) in [6.07, 6.45) is 0. The van der Waals surface area contributed by atoms with E-state index in [-0.39, 0.29) is 5.82 Å². The van der Waals surface area contributed by atoms with E-state index in [1.165, 1.54) is 6.07 Å². The molecule has 0 spiro atoms. The summed E-state index contributed by atoms with van der Waals surface area (Å²) >= 11 is 0. The van der Waals surface area contributed by atoms with Crippen LogP contribution >= 0.6 is 0 Å². The van der Waals surface area contributed by atoms with E-state index in [2.05, 4.69) is 13.2 Å². The van der Waals surface area contributed by atoms with Crippen molar-refractivity contribution in [2.75, 3.05) is 0 Å².